The number of amides is 2. The fourth-order valence-electron chi connectivity index (χ4n) is 3.53. The number of hydrogen-bond acceptors (Lipinski definition) is 4. The molecule has 0 aromatic heterocycles. The topological polar surface area (TPSA) is 58.4 Å². The van der Waals surface area contributed by atoms with Gasteiger partial charge >= 0.3 is 5.91 Å². The molecule has 2 amide bonds. The van der Waals surface area contributed by atoms with Crippen molar-refractivity contribution in [2.45, 2.75) is 24.2 Å². The molecule has 5 nitrogen and oxygen atoms in total. The molecule has 1 aliphatic carbocycles. The summed E-state index contributed by atoms with van der Waals surface area (Å²) < 4.78 is 7.17. The first-order valence-corrected chi connectivity index (χ1v) is 10.9. The third kappa shape index (κ3) is 4.55. The van der Waals surface area contributed by atoms with Gasteiger partial charge in [0, 0.05) is 29.8 Å². The Bertz CT molecular complexity index is 974. The number of halogens is 1. The van der Waals surface area contributed by atoms with Gasteiger partial charge in [-0.05, 0) is 36.6 Å². The summed E-state index contributed by atoms with van der Waals surface area (Å²) in [4.78, 5) is 26.0. The van der Waals surface area contributed by atoms with Crippen molar-refractivity contribution in [1.82, 2.24) is 5.32 Å². The van der Waals surface area contributed by atoms with Crippen LogP contribution in [0.2, 0.25) is 5.02 Å². The predicted molar refractivity (Wildman–Crippen MR) is 116 cm³/mol. The second kappa shape index (κ2) is 8.69. The van der Waals surface area contributed by atoms with Crippen LogP contribution in [0.25, 0.3) is 6.08 Å². The third-order valence-electron chi connectivity index (χ3n) is 5.13. The summed E-state index contributed by atoms with van der Waals surface area (Å²) in [7, 11) is 1.74. The van der Waals surface area contributed by atoms with Crippen LogP contribution in [-0.2, 0) is 14.3 Å². The third-order valence-corrected chi connectivity index (χ3v) is 6.56. The van der Waals surface area contributed by atoms with Crippen LogP contribution in [0.15, 0.2) is 53.0 Å². The van der Waals surface area contributed by atoms with Crippen LogP contribution < -0.4 is 5.32 Å². The van der Waals surface area contributed by atoms with Crippen molar-refractivity contribution in [2.24, 2.45) is 0 Å². The molecule has 2 aliphatic heterocycles. The first kappa shape index (κ1) is 20.1. The van der Waals surface area contributed by atoms with Gasteiger partial charge in [0.15, 0.2) is 0 Å². The van der Waals surface area contributed by atoms with Crippen LogP contribution >= 0.6 is 23.4 Å². The van der Waals surface area contributed by atoms with Gasteiger partial charge in [-0.25, -0.2) is 4.79 Å². The Balaban J connectivity index is 1.52. The molecule has 2 atom stereocenters. The normalized spacial score (nSPS) is 25.2. The van der Waals surface area contributed by atoms with Crippen LogP contribution in [-0.4, -0.2) is 53.7 Å². The first-order valence-electron chi connectivity index (χ1n) is 9.60. The van der Waals surface area contributed by atoms with Gasteiger partial charge in [-0.3, -0.25) is 4.79 Å². The Hall–Kier alpha value is -2.15. The molecule has 1 fully saturated rings. The van der Waals surface area contributed by atoms with E-state index in [0.717, 1.165) is 30.7 Å². The number of thioether (sulfide) groups is 1. The quantitative estimate of drug-likeness (QED) is 0.590. The minimum Gasteiger partial charge on any atom is -0.376 e. The maximum atomic E-state index is 12.9. The molecule has 0 radical (unpaired) electrons. The molecule has 0 saturated carbocycles. The average Bonchev–Trinajstić information content (AvgIpc) is 3.23. The molecule has 1 aromatic carbocycles. The highest BCUT2D eigenvalue weighted by Gasteiger charge is 2.38. The molecular formula is C22H22ClN2O3S+. The van der Waals surface area contributed by atoms with E-state index in [1.165, 1.54) is 11.8 Å². The summed E-state index contributed by atoms with van der Waals surface area (Å²) in [5.74, 6) is -0.235. The summed E-state index contributed by atoms with van der Waals surface area (Å²) >= 11 is 7.53. The molecule has 1 N–H and O–H groups in total. The van der Waals surface area contributed by atoms with Gasteiger partial charge in [0.1, 0.15) is 17.2 Å². The van der Waals surface area contributed by atoms with E-state index < -0.39 is 0 Å². The van der Waals surface area contributed by atoms with Crippen molar-refractivity contribution in [3.05, 3.63) is 63.6 Å². The fraction of sp³-hybridized carbons (Fsp3) is 0.318. The lowest BCUT2D eigenvalue weighted by Crippen LogP contribution is -2.38. The molecule has 2 unspecified atom stereocenters. The Kier molecular flexibility index (Phi) is 6.04. The minimum atomic E-state index is -0.145. The highest BCUT2D eigenvalue weighted by atomic mass is 35.5. The van der Waals surface area contributed by atoms with E-state index in [0.29, 0.717) is 22.0 Å². The van der Waals surface area contributed by atoms with E-state index in [4.69, 9.17) is 16.3 Å². The molecule has 29 heavy (non-hydrogen) atoms. The monoisotopic (exact) mass is 429 g/mol. The Morgan fingerprint density at radius 2 is 2.31 bits per heavy atom. The van der Waals surface area contributed by atoms with E-state index in [-0.39, 0.29) is 23.2 Å². The molecular weight excluding hydrogens is 408 g/mol. The van der Waals surface area contributed by atoms with E-state index in [1.54, 1.807) is 23.8 Å². The van der Waals surface area contributed by atoms with Crippen LogP contribution in [0, 0.1) is 0 Å². The van der Waals surface area contributed by atoms with Gasteiger partial charge < -0.3 is 10.1 Å². The number of allylic oxidation sites excluding steroid dienone is 1. The summed E-state index contributed by atoms with van der Waals surface area (Å²) in [5.41, 5.74) is 2.25. The smallest absolute Gasteiger partial charge is 0.376 e. The number of hydrogen-bond donors (Lipinski definition) is 1. The Morgan fingerprint density at radius 3 is 3.07 bits per heavy atom. The maximum Gasteiger partial charge on any atom is 0.425 e. The summed E-state index contributed by atoms with van der Waals surface area (Å²) in [6.45, 7) is 1.27. The number of likely N-dealkylation sites (N-methyl/N-ethyl adjacent to an activating group) is 1. The average molecular weight is 430 g/mol. The lowest BCUT2D eigenvalue weighted by Gasteiger charge is -2.21. The van der Waals surface area contributed by atoms with Crippen molar-refractivity contribution < 1.29 is 18.9 Å². The molecule has 1 saturated heterocycles. The zero-order valence-electron chi connectivity index (χ0n) is 16.1. The van der Waals surface area contributed by atoms with Crippen molar-refractivity contribution in [3.63, 3.8) is 0 Å². The molecule has 7 heteroatoms. The van der Waals surface area contributed by atoms with Gasteiger partial charge in [0.25, 0.3) is 5.91 Å². The first-order chi connectivity index (χ1) is 14.0. The zero-order valence-corrected chi connectivity index (χ0v) is 17.6. The Labute approximate surface area is 179 Å². The van der Waals surface area contributed by atoms with E-state index >= 15 is 0 Å². The van der Waals surface area contributed by atoms with Crippen molar-refractivity contribution in [1.29, 1.82) is 0 Å². The van der Waals surface area contributed by atoms with E-state index in [9.17, 15) is 9.59 Å². The van der Waals surface area contributed by atoms with Gasteiger partial charge in [0.05, 0.1) is 6.10 Å². The second-order valence-electron chi connectivity index (χ2n) is 7.19. The number of benzene rings is 1. The summed E-state index contributed by atoms with van der Waals surface area (Å²) in [6.07, 6.45) is 9.57. The molecule has 4 rings (SSSR count). The standard InChI is InChI=1S/C22H21ClN2O3S/c1-25-18-12-15(21(26)24-13-17-6-3-9-28-17)7-8-19(18)29-20(22(25)27)11-14-4-2-5-16(23)10-14/h2,4-5,7-8,10-12,17,19H,3,6,9,13H2,1H3/p+1/b20-11-. The SMILES string of the molecule is C[N+]1=C2C=C(C(=O)NCC3CCCO3)C=CC2S/C(=C\c2cccc(Cl)c2)C1=O. The molecule has 0 spiro atoms. The lowest BCUT2D eigenvalue weighted by atomic mass is 10.0. The van der Waals surface area contributed by atoms with E-state index in [2.05, 4.69) is 5.32 Å². The zero-order chi connectivity index (χ0) is 20.4. The highest BCUT2D eigenvalue weighted by Crippen LogP contribution is 2.33. The highest BCUT2D eigenvalue weighted by molar-refractivity contribution is 8.05. The van der Waals surface area contributed by atoms with Crippen LogP contribution in [0.4, 0.5) is 0 Å². The number of carbonyl (C=O) groups excluding carboxylic acids is 2. The van der Waals surface area contributed by atoms with Crippen LogP contribution in [0.1, 0.15) is 18.4 Å². The Morgan fingerprint density at radius 1 is 1.45 bits per heavy atom. The van der Waals surface area contributed by atoms with Gasteiger partial charge in [-0.2, -0.15) is 4.58 Å². The van der Waals surface area contributed by atoms with Gasteiger partial charge in [-0.15, -0.1) is 0 Å². The molecule has 3 aliphatic rings. The number of rotatable bonds is 4. The number of carbonyl (C=O) groups is 2. The number of nitrogens with one attached hydrogen (secondary N) is 1. The van der Waals surface area contributed by atoms with Gasteiger partial charge in [-0.1, -0.05) is 47.6 Å². The van der Waals surface area contributed by atoms with Gasteiger partial charge in [0.2, 0.25) is 5.71 Å². The number of nitrogens with zero attached hydrogens (tertiary/aromatic N) is 1. The molecule has 2 heterocycles. The summed E-state index contributed by atoms with van der Waals surface area (Å²) in [5, 5.41) is 3.55. The summed E-state index contributed by atoms with van der Waals surface area (Å²) in [6, 6.07) is 7.41. The van der Waals surface area contributed by atoms with E-state index in [1.807, 2.05) is 36.4 Å². The molecule has 150 valence electrons. The van der Waals surface area contributed by atoms with Crippen molar-refractivity contribution >= 4 is 47.0 Å². The second-order valence-corrected chi connectivity index (χ2v) is 8.81. The fourth-order valence-corrected chi connectivity index (χ4v) is 4.95. The number of ether oxygens (including phenoxy) is 1. The number of fused-ring (bicyclic) bond motifs is 1. The van der Waals surface area contributed by atoms with Crippen LogP contribution in [0.5, 0.6) is 0 Å². The van der Waals surface area contributed by atoms with Crippen molar-refractivity contribution in [2.75, 3.05) is 20.2 Å². The minimum absolute atomic E-state index is 0.0159. The molecule has 0 bridgehead atoms. The largest absolute Gasteiger partial charge is 0.425 e. The maximum absolute atomic E-state index is 12.9. The molecule has 1 aromatic rings. The lowest BCUT2D eigenvalue weighted by molar-refractivity contribution is -0.413. The van der Waals surface area contributed by atoms with Crippen LogP contribution in [0.3, 0.4) is 0 Å². The predicted octanol–water partition coefficient (Wildman–Crippen LogP) is 3.20. The van der Waals surface area contributed by atoms with Crippen molar-refractivity contribution in [3.8, 4) is 0 Å².